The number of hydrogen-bond donors (Lipinski definition) is 2. The Morgan fingerprint density at radius 1 is 1.25 bits per heavy atom. The second kappa shape index (κ2) is 6.16. The van der Waals surface area contributed by atoms with Crippen molar-refractivity contribution < 1.29 is 27.1 Å². The van der Waals surface area contributed by atoms with E-state index in [1.54, 1.807) is 0 Å². The van der Waals surface area contributed by atoms with Gasteiger partial charge in [0.15, 0.2) is 5.69 Å². The lowest BCUT2D eigenvalue weighted by atomic mass is 10.0. The molecule has 0 aliphatic carbocycles. The molecule has 0 aliphatic heterocycles. The monoisotopic (exact) mass is 363 g/mol. The van der Waals surface area contributed by atoms with Crippen molar-refractivity contribution in [3.05, 3.63) is 40.3 Å². The molecule has 2 aromatic rings. The summed E-state index contributed by atoms with van der Waals surface area (Å²) < 4.78 is 56.9. The van der Waals surface area contributed by atoms with Gasteiger partial charge in [0.2, 0.25) is 0 Å². The quantitative estimate of drug-likeness (QED) is 0.484. The van der Waals surface area contributed by atoms with Crippen LogP contribution in [0.4, 0.5) is 28.9 Å². The molecule has 10 heteroatoms. The largest absolute Gasteiger partial charge is 0.464 e. The van der Waals surface area contributed by atoms with Crippen LogP contribution < -0.4 is 11.5 Å². The summed E-state index contributed by atoms with van der Waals surface area (Å²) >= 11 is 5.83. The number of esters is 1. The molecule has 0 fully saturated rings. The molecule has 1 heterocycles. The zero-order valence-corrected chi connectivity index (χ0v) is 12.8. The van der Waals surface area contributed by atoms with Gasteiger partial charge >= 0.3 is 12.1 Å². The third-order valence-electron chi connectivity index (χ3n) is 3.09. The van der Waals surface area contributed by atoms with E-state index in [2.05, 4.69) is 9.72 Å². The molecule has 0 saturated heterocycles. The lowest BCUT2D eigenvalue weighted by Crippen LogP contribution is -2.12. The molecule has 0 bridgehead atoms. The molecule has 0 radical (unpaired) electrons. The Hall–Kier alpha value is -2.55. The Balaban J connectivity index is 2.76. The highest BCUT2D eigenvalue weighted by molar-refractivity contribution is 6.35. The minimum atomic E-state index is -4.87. The summed E-state index contributed by atoms with van der Waals surface area (Å²) in [7, 11) is 1.06. The van der Waals surface area contributed by atoms with Gasteiger partial charge in [-0.05, 0) is 18.2 Å². The Bertz CT molecular complexity index is 825. The molecular formula is C14H10ClF4N3O2. The minimum absolute atomic E-state index is 0.153. The van der Waals surface area contributed by atoms with Crippen molar-refractivity contribution in [2.24, 2.45) is 0 Å². The highest BCUT2D eigenvalue weighted by Crippen LogP contribution is 2.40. The molecular weight excluding hydrogens is 354 g/mol. The number of hydrogen-bond acceptors (Lipinski definition) is 5. The summed E-state index contributed by atoms with van der Waals surface area (Å²) in [6.07, 6.45) is -4.87. The zero-order valence-electron chi connectivity index (χ0n) is 12.0. The van der Waals surface area contributed by atoms with E-state index >= 15 is 0 Å². The van der Waals surface area contributed by atoms with Gasteiger partial charge in [0.1, 0.15) is 5.82 Å². The van der Waals surface area contributed by atoms with E-state index in [0.717, 1.165) is 19.2 Å². The maximum absolute atomic E-state index is 13.6. The topological polar surface area (TPSA) is 91.2 Å². The second-order valence-corrected chi connectivity index (χ2v) is 5.04. The van der Waals surface area contributed by atoms with Crippen molar-refractivity contribution in [3.63, 3.8) is 0 Å². The van der Waals surface area contributed by atoms with Crippen LogP contribution in [-0.4, -0.2) is 18.1 Å². The molecule has 0 atom stereocenters. The Kier molecular flexibility index (Phi) is 4.57. The summed E-state index contributed by atoms with van der Waals surface area (Å²) in [5.74, 6) is -2.14. The highest BCUT2D eigenvalue weighted by Gasteiger charge is 2.35. The zero-order chi connectivity index (χ0) is 18.2. The van der Waals surface area contributed by atoms with Gasteiger partial charge in [-0.1, -0.05) is 11.6 Å². The Labute approximate surface area is 138 Å². The predicted molar refractivity (Wildman–Crippen MR) is 79.8 cm³/mol. The lowest BCUT2D eigenvalue weighted by Gasteiger charge is -2.15. The number of nitrogen functional groups attached to an aromatic ring is 2. The normalized spacial score (nSPS) is 11.4. The van der Waals surface area contributed by atoms with Gasteiger partial charge in [0, 0.05) is 5.56 Å². The van der Waals surface area contributed by atoms with Crippen molar-refractivity contribution >= 4 is 28.9 Å². The fourth-order valence-electron chi connectivity index (χ4n) is 1.98. The fourth-order valence-corrected chi connectivity index (χ4v) is 2.16. The van der Waals surface area contributed by atoms with E-state index in [1.165, 1.54) is 0 Å². The first-order valence-corrected chi connectivity index (χ1v) is 6.65. The third-order valence-corrected chi connectivity index (χ3v) is 3.49. The van der Waals surface area contributed by atoms with E-state index in [0.29, 0.717) is 0 Å². The summed E-state index contributed by atoms with van der Waals surface area (Å²) in [5.41, 5.74) is 7.80. The van der Waals surface area contributed by atoms with Crippen LogP contribution in [0, 0.1) is 5.82 Å². The van der Waals surface area contributed by atoms with E-state index < -0.39 is 34.9 Å². The van der Waals surface area contributed by atoms with Gasteiger partial charge in [0.25, 0.3) is 0 Å². The first kappa shape index (κ1) is 17.8. The molecule has 0 saturated carbocycles. The number of rotatable bonds is 2. The number of carbonyl (C=O) groups excluding carboxylic acids is 1. The molecule has 1 aromatic heterocycles. The number of nitrogens with two attached hydrogens (primary N) is 2. The third kappa shape index (κ3) is 3.21. The van der Waals surface area contributed by atoms with Crippen LogP contribution in [0.2, 0.25) is 5.02 Å². The van der Waals surface area contributed by atoms with Gasteiger partial charge in [-0.15, -0.1) is 0 Å². The molecule has 0 amide bonds. The maximum atomic E-state index is 13.6. The standard InChI is InChI=1S/C14H10ClF4N3O2/c1-24-13(23)12-10(15)8(20)4-9(22-12)6-2-5(16)3-7(11(6)21)14(17,18)19/h2-4H,21H2,1H3,(H2,20,22). The van der Waals surface area contributed by atoms with Crippen LogP contribution in [0.5, 0.6) is 0 Å². The summed E-state index contributed by atoms with van der Waals surface area (Å²) in [6, 6.07) is 2.10. The smallest absolute Gasteiger partial charge is 0.418 e. The number of ether oxygens (including phenoxy) is 1. The Morgan fingerprint density at radius 2 is 1.88 bits per heavy atom. The number of halogens is 5. The fraction of sp³-hybridized carbons (Fsp3) is 0.143. The van der Waals surface area contributed by atoms with E-state index in [4.69, 9.17) is 23.1 Å². The minimum Gasteiger partial charge on any atom is -0.464 e. The van der Waals surface area contributed by atoms with Crippen LogP contribution >= 0.6 is 11.6 Å². The maximum Gasteiger partial charge on any atom is 0.418 e. The number of nitrogens with zero attached hydrogens (tertiary/aromatic N) is 1. The molecule has 0 spiro atoms. The SMILES string of the molecule is COC(=O)c1nc(-c2cc(F)cc(C(F)(F)F)c2N)cc(N)c1Cl. The van der Waals surface area contributed by atoms with E-state index in [1.807, 2.05) is 0 Å². The molecule has 0 unspecified atom stereocenters. The van der Waals surface area contributed by atoms with E-state index in [-0.39, 0.29) is 28.0 Å². The second-order valence-electron chi connectivity index (χ2n) is 4.66. The Morgan fingerprint density at radius 3 is 2.42 bits per heavy atom. The molecule has 1 aromatic carbocycles. The molecule has 128 valence electrons. The van der Waals surface area contributed by atoms with Gasteiger partial charge < -0.3 is 16.2 Å². The van der Waals surface area contributed by atoms with Gasteiger partial charge in [-0.3, -0.25) is 0 Å². The predicted octanol–water partition coefficient (Wildman–Crippen LogP) is 3.51. The first-order valence-electron chi connectivity index (χ1n) is 6.27. The molecule has 0 aliphatic rings. The summed E-state index contributed by atoms with van der Waals surface area (Å²) in [6.45, 7) is 0. The number of anilines is 2. The average Bonchev–Trinajstić information content (AvgIpc) is 2.50. The van der Waals surface area contributed by atoms with Crippen molar-refractivity contribution in [2.45, 2.75) is 6.18 Å². The lowest BCUT2D eigenvalue weighted by molar-refractivity contribution is -0.137. The van der Waals surface area contributed by atoms with Crippen LogP contribution in [0.25, 0.3) is 11.3 Å². The van der Waals surface area contributed by atoms with Crippen LogP contribution in [-0.2, 0) is 10.9 Å². The van der Waals surface area contributed by atoms with Crippen molar-refractivity contribution in [1.82, 2.24) is 4.98 Å². The number of alkyl halides is 3. The van der Waals surface area contributed by atoms with Gasteiger partial charge in [-0.25, -0.2) is 14.2 Å². The highest BCUT2D eigenvalue weighted by atomic mass is 35.5. The average molecular weight is 364 g/mol. The number of carbonyl (C=O) groups is 1. The van der Waals surface area contributed by atoms with Crippen LogP contribution in [0.3, 0.4) is 0 Å². The number of methoxy groups -OCH3 is 1. The number of benzene rings is 1. The number of pyridine rings is 1. The van der Waals surface area contributed by atoms with Crippen LogP contribution in [0.1, 0.15) is 16.1 Å². The molecule has 4 N–H and O–H groups in total. The van der Waals surface area contributed by atoms with Crippen molar-refractivity contribution in [1.29, 1.82) is 0 Å². The first-order chi connectivity index (χ1) is 11.1. The molecule has 24 heavy (non-hydrogen) atoms. The van der Waals surface area contributed by atoms with Crippen LogP contribution in [0.15, 0.2) is 18.2 Å². The molecule has 2 rings (SSSR count). The van der Waals surface area contributed by atoms with Crippen molar-refractivity contribution in [2.75, 3.05) is 18.6 Å². The summed E-state index contributed by atoms with van der Waals surface area (Å²) in [4.78, 5) is 15.4. The summed E-state index contributed by atoms with van der Waals surface area (Å²) in [5, 5.41) is -0.239. The number of aromatic nitrogens is 1. The van der Waals surface area contributed by atoms with Gasteiger partial charge in [-0.2, -0.15) is 13.2 Å². The van der Waals surface area contributed by atoms with Crippen molar-refractivity contribution in [3.8, 4) is 11.3 Å². The van der Waals surface area contributed by atoms with Gasteiger partial charge in [0.05, 0.1) is 34.8 Å². The van der Waals surface area contributed by atoms with E-state index in [9.17, 15) is 22.4 Å². The molecule has 5 nitrogen and oxygen atoms in total.